The van der Waals surface area contributed by atoms with Crippen LogP contribution in [0.15, 0.2) is 41.2 Å². The van der Waals surface area contributed by atoms with Gasteiger partial charge in [0.05, 0.1) is 5.52 Å². The smallest absolute Gasteiger partial charge is 0.253 e. The number of hydrogen-bond donors (Lipinski definition) is 2. The van der Waals surface area contributed by atoms with E-state index in [1.54, 1.807) is 6.07 Å². The highest BCUT2D eigenvalue weighted by Gasteiger charge is 2.10. The zero-order valence-corrected chi connectivity index (χ0v) is 15.0. The molecule has 1 heterocycles. The third-order valence-corrected chi connectivity index (χ3v) is 4.84. The van der Waals surface area contributed by atoms with Crippen molar-refractivity contribution >= 4 is 16.8 Å². The van der Waals surface area contributed by atoms with Crippen molar-refractivity contribution in [3.63, 3.8) is 0 Å². The summed E-state index contributed by atoms with van der Waals surface area (Å²) in [5.41, 5.74) is 6.27. The van der Waals surface area contributed by atoms with Crippen LogP contribution in [0.4, 0.5) is 0 Å². The summed E-state index contributed by atoms with van der Waals surface area (Å²) >= 11 is 0. The van der Waals surface area contributed by atoms with Crippen LogP contribution in [0.25, 0.3) is 10.9 Å². The fourth-order valence-electron chi connectivity index (χ4n) is 2.86. The third-order valence-electron chi connectivity index (χ3n) is 4.84. The monoisotopic (exact) mass is 334 g/mol. The Hall–Kier alpha value is -2.88. The van der Waals surface area contributed by atoms with Gasteiger partial charge in [-0.25, -0.2) is 0 Å². The minimum Gasteiger partial charge on any atom is -0.348 e. The molecule has 128 valence electrons. The van der Waals surface area contributed by atoms with Gasteiger partial charge in [-0.15, -0.1) is 0 Å². The van der Waals surface area contributed by atoms with E-state index in [0.717, 1.165) is 33.2 Å². The summed E-state index contributed by atoms with van der Waals surface area (Å²) in [6, 6.07) is 11.5. The number of fused-ring (bicyclic) bond motifs is 1. The van der Waals surface area contributed by atoms with E-state index in [4.69, 9.17) is 0 Å². The Balaban J connectivity index is 1.84. The quantitative estimate of drug-likeness (QED) is 0.767. The maximum Gasteiger partial charge on any atom is 0.253 e. The van der Waals surface area contributed by atoms with Gasteiger partial charge in [0.25, 0.3) is 11.5 Å². The van der Waals surface area contributed by atoms with Gasteiger partial charge in [-0.05, 0) is 73.5 Å². The summed E-state index contributed by atoms with van der Waals surface area (Å²) in [5.74, 6) is -0.178. The van der Waals surface area contributed by atoms with E-state index < -0.39 is 0 Å². The Morgan fingerprint density at radius 2 is 1.68 bits per heavy atom. The third kappa shape index (κ3) is 3.33. The molecule has 0 saturated heterocycles. The van der Waals surface area contributed by atoms with Crippen molar-refractivity contribution in [1.29, 1.82) is 0 Å². The Bertz CT molecular complexity index is 1030. The molecule has 25 heavy (non-hydrogen) atoms. The number of carbonyl (C=O) groups is 1. The van der Waals surface area contributed by atoms with Crippen molar-refractivity contribution in [3.8, 4) is 0 Å². The number of aromatic amines is 1. The van der Waals surface area contributed by atoms with E-state index in [1.165, 1.54) is 0 Å². The topological polar surface area (TPSA) is 62.0 Å². The van der Waals surface area contributed by atoms with Gasteiger partial charge >= 0.3 is 0 Å². The Morgan fingerprint density at radius 3 is 2.40 bits per heavy atom. The highest BCUT2D eigenvalue weighted by atomic mass is 16.1. The minimum absolute atomic E-state index is 0.165. The summed E-state index contributed by atoms with van der Waals surface area (Å²) in [6.07, 6.45) is 0. The average Bonchev–Trinajstić information content (AvgIpc) is 2.59. The maximum absolute atomic E-state index is 12.3. The number of benzene rings is 2. The van der Waals surface area contributed by atoms with Gasteiger partial charge in [0, 0.05) is 17.7 Å². The van der Waals surface area contributed by atoms with E-state index in [9.17, 15) is 9.59 Å². The lowest BCUT2D eigenvalue weighted by Crippen LogP contribution is -2.26. The zero-order chi connectivity index (χ0) is 18.1. The predicted molar refractivity (Wildman–Crippen MR) is 101 cm³/mol. The number of pyridine rings is 1. The number of aromatic nitrogens is 1. The molecule has 1 aromatic heterocycles. The van der Waals surface area contributed by atoms with Crippen molar-refractivity contribution in [2.75, 3.05) is 0 Å². The highest BCUT2D eigenvalue weighted by molar-refractivity contribution is 5.94. The van der Waals surface area contributed by atoms with Crippen LogP contribution in [0.1, 0.15) is 38.2 Å². The minimum atomic E-state index is -0.178. The lowest BCUT2D eigenvalue weighted by Gasteiger charge is -2.09. The largest absolute Gasteiger partial charge is 0.348 e. The standard InChI is InChI=1S/C21H22N2O2/c1-12-5-8-17(9-14(12)3)20(24)22-11-18-10-16-7-6-13(2)15(4)19(16)23-21(18)25/h5-10H,11H2,1-4H3,(H,22,24)(H,23,25). The second-order valence-electron chi connectivity index (χ2n) is 6.58. The number of amides is 1. The summed E-state index contributed by atoms with van der Waals surface area (Å²) in [6.45, 7) is 8.20. The molecule has 2 aromatic carbocycles. The van der Waals surface area contributed by atoms with Crippen molar-refractivity contribution in [2.45, 2.75) is 34.2 Å². The second-order valence-corrected chi connectivity index (χ2v) is 6.58. The van der Waals surface area contributed by atoms with E-state index in [0.29, 0.717) is 11.1 Å². The molecule has 0 aliphatic rings. The molecule has 4 nitrogen and oxygen atoms in total. The van der Waals surface area contributed by atoms with Crippen LogP contribution in [-0.4, -0.2) is 10.9 Å². The molecule has 0 spiro atoms. The second kappa shape index (κ2) is 6.55. The van der Waals surface area contributed by atoms with Crippen LogP contribution in [0.2, 0.25) is 0 Å². The van der Waals surface area contributed by atoms with Crippen LogP contribution in [0.3, 0.4) is 0 Å². The van der Waals surface area contributed by atoms with Gasteiger partial charge in [0.15, 0.2) is 0 Å². The molecule has 0 bridgehead atoms. The fourth-order valence-corrected chi connectivity index (χ4v) is 2.86. The summed E-state index contributed by atoms with van der Waals surface area (Å²) in [7, 11) is 0. The first-order valence-corrected chi connectivity index (χ1v) is 8.34. The molecule has 0 aliphatic carbocycles. The van der Waals surface area contributed by atoms with Crippen LogP contribution in [0, 0.1) is 27.7 Å². The van der Waals surface area contributed by atoms with Gasteiger partial charge < -0.3 is 10.3 Å². The highest BCUT2D eigenvalue weighted by Crippen LogP contribution is 2.19. The molecular weight excluding hydrogens is 312 g/mol. The molecule has 0 saturated carbocycles. The Labute approximate surface area is 146 Å². The zero-order valence-electron chi connectivity index (χ0n) is 15.0. The van der Waals surface area contributed by atoms with E-state index >= 15 is 0 Å². The van der Waals surface area contributed by atoms with E-state index in [2.05, 4.69) is 10.3 Å². The van der Waals surface area contributed by atoms with Gasteiger partial charge in [0.1, 0.15) is 0 Å². The molecule has 0 fully saturated rings. The molecule has 3 rings (SSSR count). The molecule has 0 aliphatic heterocycles. The van der Waals surface area contributed by atoms with Crippen LogP contribution in [-0.2, 0) is 6.54 Å². The summed E-state index contributed by atoms with van der Waals surface area (Å²) < 4.78 is 0. The summed E-state index contributed by atoms with van der Waals surface area (Å²) in [4.78, 5) is 27.6. The Kier molecular flexibility index (Phi) is 4.45. The number of H-pyrrole nitrogens is 1. The normalized spacial score (nSPS) is 10.9. The van der Waals surface area contributed by atoms with E-state index in [-0.39, 0.29) is 18.0 Å². The molecule has 4 heteroatoms. The predicted octanol–water partition coefficient (Wildman–Crippen LogP) is 3.69. The van der Waals surface area contributed by atoms with Gasteiger partial charge in [-0.3, -0.25) is 9.59 Å². The van der Waals surface area contributed by atoms with Crippen molar-refractivity contribution < 1.29 is 4.79 Å². The molecule has 3 aromatic rings. The SMILES string of the molecule is Cc1ccc(C(=O)NCc2cc3ccc(C)c(C)c3[nH]c2=O)cc1C. The lowest BCUT2D eigenvalue weighted by atomic mass is 10.0. The van der Waals surface area contributed by atoms with Gasteiger partial charge in [-0.2, -0.15) is 0 Å². The molecule has 1 amide bonds. The van der Waals surface area contributed by atoms with Crippen LogP contribution >= 0.6 is 0 Å². The molecule has 0 radical (unpaired) electrons. The molecule has 0 atom stereocenters. The molecular formula is C21H22N2O2. The molecule has 2 N–H and O–H groups in total. The van der Waals surface area contributed by atoms with Gasteiger partial charge in [0.2, 0.25) is 0 Å². The van der Waals surface area contributed by atoms with Gasteiger partial charge in [-0.1, -0.05) is 18.2 Å². The number of rotatable bonds is 3. The summed E-state index contributed by atoms with van der Waals surface area (Å²) in [5, 5.41) is 3.81. The number of nitrogens with one attached hydrogen (secondary N) is 2. The van der Waals surface area contributed by atoms with Crippen molar-refractivity contribution in [3.05, 3.63) is 80.1 Å². The van der Waals surface area contributed by atoms with Crippen molar-refractivity contribution in [1.82, 2.24) is 10.3 Å². The van der Waals surface area contributed by atoms with Crippen molar-refractivity contribution in [2.24, 2.45) is 0 Å². The first kappa shape index (κ1) is 17.0. The molecule has 0 unspecified atom stereocenters. The fraction of sp³-hybridized carbons (Fsp3) is 0.238. The van der Waals surface area contributed by atoms with Crippen LogP contribution in [0.5, 0.6) is 0 Å². The van der Waals surface area contributed by atoms with Crippen LogP contribution < -0.4 is 10.9 Å². The number of hydrogen-bond acceptors (Lipinski definition) is 2. The number of aryl methyl sites for hydroxylation is 4. The first-order chi connectivity index (χ1) is 11.9. The average molecular weight is 334 g/mol. The lowest BCUT2D eigenvalue weighted by molar-refractivity contribution is 0.0950. The number of carbonyl (C=O) groups excluding carboxylic acids is 1. The first-order valence-electron chi connectivity index (χ1n) is 8.34. The Morgan fingerprint density at radius 1 is 0.960 bits per heavy atom. The maximum atomic E-state index is 12.3. The van der Waals surface area contributed by atoms with E-state index in [1.807, 2.05) is 58.0 Å².